The van der Waals surface area contributed by atoms with Crippen LogP contribution in [0.2, 0.25) is 0 Å². The third kappa shape index (κ3) is 4.24. The number of benzene rings is 1. The third-order valence-corrected chi connectivity index (χ3v) is 8.36. The molecule has 0 bridgehead atoms. The molecule has 3 aliphatic rings. The second-order valence-electron chi connectivity index (χ2n) is 10.9. The van der Waals surface area contributed by atoms with Crippen LogP contribution in [0.4, 0.5) is 5.69 Å². The Balaban J connectivity index is 1.16. The molecule has 3 aromatic rings. The highest BCUT2D eigenvalue weighted by Gasteiger charge is 2.45. The van der Waals surface area contributed by atoms with Crippen molar-refractivity contribution in [3.05, 3.63) is 54.4 Å². The fraction of sp³-hybridized carbons (Fsp3) is 0.483. The van der Waals surface area contributed by atoms with E-state index in [2.05, 4.69) is 77.4 Å². The van der Waals surface area contributed by atoms with Crippen LogP contribution < -0.4 is 4.90 Å². The van der Waals surface area contributed by atoms with Gasteiger partial charge in [0.1, 0.15) is 0 Å². The first kappa shape index (κ1) is 23.1. The maximum absolute atomic E-state index is 12.6. The quantitative estimate of drug-likeness (QED) is 0.550. The van der Waals surface area contributed by atoms with Crippen molar-refractivity contribution in [3.63, 3.8) is 0 Å². The summed E-state index contributed by atoms with van der Waals surface area (Å²) in [5.74, 6) is 0.635. The summed E-state index contributed by atoms with van der Waals surface area (Å²) in [6.07, 6.45) is 5.93. The Morgan fingerprint density at radius 2 is 1.83 bits per heavy atom. The Morgan fingerprint density at radius 1 is 1.06 bits per heavy atom. The summed E-state index contributed by atoms with van der Waals surface area (Å²) >= 11 is 0. The number of rotatable bonds is 5. The van der Waals surface area contributed by atoms with Crippen molar-refractivity contribution in [3.8, 4) is 17.2 Å². The number of carbonyl (C=O) groups excluding carboxylic acids is 1. The first-order valence-corrected chi connectivity index (χ1v) is 13.3. The molecule has 0 spiro atoms. The predicted molar refractivity (Wildman–Crippen MR) is 141 cm³/mol. The maximum Gasteiger partial charge on any atom is 0.227 e. The van der Waals surface area contributed by atoms with Crippen LogP contribution in [0.15, 0.2) is 48.8 Å². The molecule has 7 heteroatoms. The predicted octanol–water partition coefficient (Wildman–Crippen LogP) is 4.01. The minimum atomic E-state index is -0.0727. The average Bonchev–Trinajstić information content (AvgIpc) is 3.30. The molecule has 3 fully saturated rings. The van der Waals surface area contributed by atoms with Crippen LogP contribution >= 0.6 is 0 Å². The summed E-state index contributed by atoms with van der Waals surface area (Å²) < 4.78 is 1.97. The Morgan fingerprint density at radius 3 is 2.50 bits per heavy atom. The summed E-state index contributed by atoms with van der Waals surface area (Å²) in [7, 11) is 0. The lowest BCUT2D eigenvalue weighted by Crippen LogP contribution is -2.49. The first-order valence-electron chi connectivity index (χ1n) is 13.3. The van der Waals surface area contributed by atoms with E-state index in [0.717, 1.165) is 37.3 Å². The van der Waals surface area contributed by atoms with Gasteiger partial charge in [-0.05, 0) is 62.4 Å². The molecule has 4 heterocycles. The zero-order valence-corrected chi connectivity index (χ0v) is 21.2. The van der Waals surface area contributed by atoms with Gasteiger partial charge in [0.05, 0.1) is 29.1 Å². The molecule has 2 aliphatic heterocycles. The summed E-state index contributed by atoms with van der Waals surface area (Å²) in [6.45, 7) is 9.89. The van der Waals surface area contributed by atoms with E-state index in [1.54, 1.807) is 0 Å². The SMILES string of the molecule is CC(C)N1CC[C@@H](c2ccc(-c3cc4c(N5CCN(C(=O)[C@H]6C[C@@H]6C#N)CC5)ccnn4c3)cc2)C1. The fourth-order valence-corrected chi connectivity index (χ4v) is 5.91. The van der Waals surface area contributed by atoms with E-state index < -0.39 is 0 Å². The summed E-state index contributed by atoms with van der Waals surface area (Å²) in [4.78, 5) is 19.5. The van der Waals surface area contributed by atoms with Gasteiger partial charge >= 0.3 is 0 Å². The molecule has 3 atom stereocenters. The van der Waals surface area contributed by atoms with E-state index >= 15 is 0 Å². The van der Waals surface area contributed by atoms with Crippen molar-refractivity contribution in [1.29, 1.82) is 5.26 Å². The van der Waals surface area contributed by atoms with Crippen molar-refractivity contribution in [2.75, 3.05) is 44.2 Å². The van der Waals surface area contributed by atoms with Gasteiger partial charge in [-0.3, -0.25) is 4.79 Å². The number of nitrogens with zero attached hydrogens (tertiary/aromatic N) is 6. The lowest BCUT2D eigenvalue weighted by atomic mass is 9.96. The molecule has 1 saturated carbocycles. The Kier molecular flexibility index (Phi) is 5.93. The summed E-state index contributed by atoms with van der Waals surface area (Å²) in [5, 5.41) is 13.6. The van der Waals surface area contributed by atoms with Crippen LogP contribution in [0.1, 0.15) is 38.2 Å². The lowest BCUT2D eigenvalue weighted by molar-refractivity contribution is -0.133. The minimum Gasteiger partial charge on any atom is -0.366 e. The topological polar surface area (TPSA) is 67.9 Å². The summed E-state index contributed by atoms with van der Waals surface area (Å²) in [5.41, 5.74) is 6.05. The van der Waals surface area contributed by atoms with E-state index in [1.807, 2.05) is 15.6 Å². The molecule has 1 amide bonds. The average molecular weight is 483 g/mol. The molecule has 0 unspecified atom stereocenters. The number of likely N-dealkylation sites (tertiary alicyclic amines) is 1. The zero-order chi connectivity index (χ0) is 24.8. The first-order chi connectivity index (χ1) is 17.5. The van der Waals surface area contributed by atoms with Gasteiger partial charge in [-0.1, -0.05) is 24.3 Å². The third-order valence-electron chi connectivity index (χ3n) is 8.36. The number of piperazine rings is 1. The normalized spacial score (nSPS) is 24.4. The van der Waals surface area contributed by atoms with Gasteiger partial charge in [-0.25, -0.2) is 4.52 Å². The second-order valence-corrected chi connectivity index (χ2v) is 10.9. The second kappa shape index (κ2) is 9.25. The van der Waals surface area contributed by atoms with E-state index in [9.17, 15) is 4.79 Å². The molecule has 1 aromatic carbocycles. The molecule has 36 heavy (non-hydrogen) atoms. The molecule has 186 valence electrons. The van der Waals surface area contributed by atoms with Gasteiger partial charge in [0.25, 0.3) is 0 Å². The molecule has 0 N–H and O–H groups in total. The molecule has 6 rings (SSSR count). The van der Waals surface area contributed by atoms with Gasteiger partial charge in [0, 0.05) is 56.7 Å². The highest BCUT2D eigenvalue weighted by molar-refractivity contribution is 5.83. The van der Waals surface area contributed by atoms with Crippen molar-refractivity contribution in [1.82, 2.24) is 19.4 Å². The number of hydrogen-bond donors (Lipinski definition) is 0. The smallest absolute Gasteiger partial charge is 0.227 e. The highest BCUT2D eigenvalue weighted by Crippen LogP contribution is 2.39. The Labute approximate surface area is 212 Å². The van der Waals surface area contributed by atoms with Gasteiger partial charge in [-0.15, -0.1) is 0 Å². The highest BCUT2D eigenvalue weighted by atomic mass is 16.2. The standard InChI is InChI=1S/C29H34N6O/c1-20(2)34-10-8-23(18-34)21-3-5-22(6-4-21)25-16-28-27(7-9-31-35(28)19-25)32-11-13-33(14-12-32)29(36)26-15-24(26)17-30/h3-7,9,16,19-20,23-24,26H,8,10-15,18H2,1-2H3/t23-,24-,26+/m1/s1. The van der Waals surface area contributed by atoms with E-state index in [-0.39, 0.29) is 17.7 Å². The van der Waals surface area contributed by atoms with Gasteiger partial charge in [0.15, 0.2) is 0 Å². The van der Waals surface area contributed by atoms with Crippen molar-refractivity contribution in [2.45, 2.75) is 38.6 Å². The lowest BCUT2D eigenvalue weighted by Gasteiger charge is -2.36. The Bertz CT molecular complexity index is 1300. The zero-order valence-electron chi connectivity index (χ0n) is 21.2. The van der Waals surface area contributed by atoms with Crippen LogP contribution in [0.25, 0.3) is 16.6 Å². The van der Waals surface area contributed by atoms with Gasteiger partial charge in [0.2, 0.25) is 5.91 Å². The number of aromatic nitrogens is 2. The molecule has 2 aromatic heterocycles. The van der Waals surface area contributed by atoms with Crippen LogP contribution in [0, 0.1) is 23.2 Å². The van der Waals surface area contributed by atoms with Crippen molar-refractivity contribution < 1.29 is 4.79 Å². The number of amides is 1. The number of fused-ring (bicyclic) bond motifs is 1. The van der Waals surface area contributed by atoms with Crippen LogP contribution in [-0.2, 0) is 4.79 Å². The fourth-order valence-electron chi connectivity index (χ4n) is 5.91. The van der Waals surface area contributed by atoms with E-state index in [4.69, 9.17) is 5.26 Å². The largest absolute Gasteiger partial charge is 0.366 e. The van der Waals surface area contributed by atoms with Crippen molar-refractivity contribution >= 4 is 17.1 Å². The van der Waals surface area contributed by atoms with Crippen molar-refractivity contribution in [2.24, 2.45) is 11.8 Å². The molecule has 7 nitrogen and oxygen atoms in total. The van der Waals surface area contributed by atoms with Crippen LogP contribution in [-0.4, -0.2) is 70.6 Å². The Hall–Kier alpha value is -3.37. The molecule has 1 aliphatic carbocycles. The molecule has 2 saturated heterocycles. The monoisotopic (exact) mass is 482 g/mol. The van der Waals surface area contributed by atoms with Crippen LogP contribution in [0.5, 0.6) is 0 Å². The van der Waals surface area contributed by atoms with Crippen LogP contribution in [0.3, 0.4) is 0 Å². The number of hydrogen-bond acceptors (Lipinski definition) is 5. The number of anilines is 1. The molecule has 0 radical (unpaired) electrons. The molecular weight excluding hydrogens is 448 g/mol. The maximum atomic E-state index is 12.6. The van der Waals surface area contributed by atoms with Gasteiger partial charge in [-0.2, -0.15) is 10.4 Å². The summed E-state index contributed by atoms with van der Waals surface area (Å²) in [6, 6.07) is 16.2. The molecular formula is C29H34N6O. The minimum absolute atomic E-state index is 0.0726. The number of nitriles is 1. The van der Waals surface area contributed by atoms with E-state index in [1.165, 1.54) is 29.7 Å². The van der Waals surface area contributed by atoms with E-state index in [0.29, 0.717) is 25.0 Å². The van der Waals surface area contributed by atoms with Gasteiger partial charge < -0.3 is 14.7 Å². The number of carbonyl (C=O) groups is 1.